The second-order valence-corrected chi connectivity index (χ2v) is 5.76. The highest BCUT2D eigenvalue weighted by atomic mass is 16.6. The molecular weight excluding hydrogens is 248 g/mol. The first-order chi connectivity index (χ1) is 8.75. The molecule has 108 valence electrons. The van der Waals surface area contributed by atoms with E-state index in [0.717, 1.165) is 0 Å². The van der Waals surface area contributed by atoms with Gasteiger partial charge in [0.25, 0.3) is 0 Å². The Morgan fingerprint density at radius 3 is 2.63 bits per heavy atom. The Bertz CT molecular complexity index is 425. The maximum atomic E-state index is 10.5. The summed E-state index contributed by atoms with van der Waals surface area (Å²) >= 11 is 0. The normalized spacial score (nSPS) is 13.8. The van der Waals surface area contributed by atoms with Crippen LogP contribution in [0.4, 0.5) is 5.69 Å². The molecule has 1 unspecified atom stereocenters. The molecule has 1 aromatic heterocycles. The Balaban J connectivity index is 2.57. The molecule has 1 heterocycles. The van der Waals surface area contributed by atoms with Crippen LogP contribution < -0.4 is 0 Å². The van der Waals surface area contributed by atoms with Crippen molar-refractivity contribution >= 4 is 5.69 Å². The Morgan fingerprint density at radius 2 is 2.21 bits per heavy atom. The van der Waals surface area contributed by atoms with Crippen LogP contribution in [0.5, 0.6) is 0 Å². The summed E-state index contributed by atoms with van der Waals surface area (Å²) in [5, 5.41) is 23.9. The second kappa shape index (κ2) is 6.12. The van der Waals surface area contributed by atoms with Crippen LogP contribution in [-0.4, -0.2) is 51.0 Å². The molecule has 0 spiro atoms. The molecule has 1 aromatic rings. The van der Waals surface area contributed by atoms with Crippen LogP contribution >= 0.6 is 0 Å². The minimum atomic E-state index is -0.459. The molecule has 19 heavy (non-hydrogen) atoms. The van der Waals surface area contributed by atoms with Crippen LogP contribution in [0.15, 0.2) is 12.4 Å². The fourth-order valence-corrected chi connectivity index (χ4v) is 2.06. The minimum absolute atomic E-state index is 0.00261. The van der Waals surface area contributed by atoms with Crippen molar-refractivity contribution in [3.05, 3.63) is 22.5 Å². The molecule has 0 amide bonds. The van der Waals surface area contributed by atoms with Gasteiger partial charge in [-0.2, -0.15) is 5.10 Å². The summed E-state index contributed by atoms with van der Waals surface area (Å²) in [6.07, 6.45) is 2.66. The molecule has 1 rings (SSSR count). The van der Waals surface area contributed by atoms with Crippen molar-refractivity contribution in [2.24, 2.45) is 5.41 Å². The molecule has 0 aliphatic rings. The summed E-state index contributed by atoms with van der Waals surface area (Å²) < 4.78 is 1.55. The monoisotopic (exact) mass is 270 g/mol. The maximum Gasteiger partial charge on any atom is 0.306 e. The van der Waals surface area contributed by atoms with Crippen molar-refractivity contribution < 1.29 is 10.0 Å². The first-order valence-corrected chi connectivity index (χ1v) is 6.23. The lowest BCUT2D eigenvalue weighted by molar-refractivity contribution is -0.385. The molecule has 1 atom stereocenters. The highest BCUT2D eigenvalue weighted by molar-refractivity contribution is 5.20. The van der Waals surface area contributed by atoms with Crippen LogP contribution in [0.2, 0.25) is 0 Å². The zero-order valence-corrected chi connectivity index (χ0v) is 11.9. The lowest BCUT2D eigenvalue weighted by Gasteiger charge is -2.36. The first-order valence-electron chi connectivity index (χ1n) is 6.23. The highest BCUT2D eigenvalue weighted by Gasteiger charge is 2.27. The molecular formula is C12H22N4O3. The van der Waals surface area contributed by atoms with Crippen LogP contribution in [-0.2, 0) is 6.54 Å². The van der Waals surface area contributed by atoms with E-state index >= 15 is 0 Å². The van der Waals surface area contributed by atoms with Gasteiger partial charge in [-0.1, -0.05) is 20.8 Å². The van der Waals surface area contributed by atoms with Gasteiger partial charge in [-0.05, 0) is 12.5 Å². The van der Waals surface area contributed by atoms with E-state index in [1.165, 1.54) is 12.4 Å². The standard InChI is InChI=1S/C12H22N4O3/c1-12(2,3)11(9-17)14(4)5-6-15-8-10(7-13-15)16(18)19/h7-8,11,17H,5-6,9H2,1-4H3. The summed E-state index contributed by atoms with van der Waals surface area (Å²) in [5.74, 6) is 0. The summed E-state index contributed by atoms with van der Waals surface area (Å²) in [6, 6.07) is 0.0399. The van der Waals surface area contributed by atoms with Crippen molar-refractivity contribution in [1.82, 2.24) is 14.7 Å². The zero-order valence-electron chi connectivity index (χ0n) is 11.9. The third-order valence-corrected chi connectivity index (χ3v) is 3.22. The maximum absolute atomic E-state index is 10.5. The van der Waals surface area contributed by atoms with E-state index in [2.05, 4.69) is 25.9 Å². The van der Waals surface area contributed by atoms with E-state index in [0.29, 0.717) is 13.1 Å². The van der Waals surface area contributed by atoms with Crippen molar-refractivity contribution in [1.29, 1.82) is 0 Å². The number of likely N-dealkylation sites (N-methyl/N-ethyl adjacent to an activating group) is 1. The first kappa shape index (κ1) is 15.6. The molecule has 0 saturated heterocycles. The van der Waals surface area contributed by atoms with Gasteiger partial charge in [0.15, 0.2) is 0 Å². The quantitative estimate of drug-likeness (QED) is 0.618. The Morgan fingerprint density at radius 1 is 1.58 bits per heavy atom. The van der Waals surface area contributed by atoms with Crippen LogP contribution in [0, 0.1) is 15.5 Å². The van der Waals surface area contributed by atoms with Crippen molar-refractivity contribution in [2.45, 2.75) is 33.4 Å². The third-order valence-electron chi connectivity index (χ3n) is 3.22. The second-order valence-electron chi connectivity index (χ2n) is 5.76. The lowest BCUT2D eigenvalue weighted by atomic mass is 9.86. The molecule has 7 nitrogen and oxygen atoms in total. The molecule has 1 N–H and O–H groups in total. The Labute approximate surface area is 113 Å². The van der Waals surface area contributed by atoms with Crippen LogP contribution in [0.1, 0.15) is 20.8 Å². The molecule has 0 radical (unpaired) electrons. The summed E-state index contributed by atoms with van der Waals surface area (Å²) in [5.41, 5.74) is -0.0308. The fraction of sp³-hybridized carbons (Fsp3) is 0.750. The third kappa shape index (κ3) is 4.29. The number of rotatable bonds is 6. The molecule has 7 heteroatoms. The fourth-order valence-electron chi connectivity index (χ4n) is 2.06. The van der Waals surface area contributed by atoms with Gasteiger partial charge in [0.1, 0.15) is 12.4 Å². The van der Waals surface area contributed by atoms with Gasteiger partial charge in [0.2, 0.25) is 0 Å². The predicted molar refractivity (Wildman–Crippen MR) is 71.8 cm³/mol. The van der Waals surface area contributed by atoms with E-state index in [4.69, 9.17) is 0 Å². The van der Waals surface area contributed by atoms with Gasteiger partial charge in [0, 0.05) is 12.6 Å². The van der Waals surface area contributed by atoms with Crippen LogP contribution in [0.3, 0.4) is 0 Å². The average molecular weight is 270 g/mol. The van der Waals surface area contributed by atoms with Crippen LogP contribution in [0.25, 0.3) is 0 Å². The largest absolute Gasteiger partial charge is 0.395 e. The number of nitrogens with zero attached hydrogens (tertiary/aromatic N) is 4. The van der Waals surface area contributed by atoms with E-state index in [-0.39, 0.29) is 23.8 Å². The predicted octanol–water partition coefficient (Wildman–Crippen LogP) is 1.13. The smallest absolute Gasteiger partial charge is 0.306 e. The zero-order chi connectivity index (χ0) is 14.6. The Kier molecular flexibility index (Phi) is 5.02. The van der Waals surface area contributed by atoms with Gasteiger partial charge in [-0.3, -0.25) is 19.7 Å². The van der Waals surface area contributed by atoms with Crippen molar-refractivity contribution in [3.8, 4) is 0 Å². The number of hydrogen-bond donors (Lipinski definition) is 1. The molecule has 0 aliphatic carbocycles. The number of aromatic nitrogens is 2. The van der Waals surface area contributed by atoms with Gasteiger partial charge >= 0.3 is 5.69 Å². The van der Waals surface area contributed by atoms with Gasteiger partial charge in [0.05, 0.1) is 18.1 Å². The molecule has 0 aromatic carbocycles. The molecule has 0 saturated carbocycles. The van der Waals surface area contributed by atoms with Gasteiger partial charge in [-0.25, -0.2) is 0 Å². The average Bonchev–Trinajstić information content (AvgIpc) is 2.74. The summed E-state index contributed by atoms with van der Waals surface area (Å²) in [4.78, 5) is 12.1. The number of nitro groups is 1. The molecule has 0 aliphatic heterocycles. The SMILES string of the molecule is CN(CCn1cc([N+](=O)[O-])cn1)C(CO)C(C)(C)C. The van der Waals surface area contributed by atoms with E-state index in [9.17, 15) is 15.2 Å². The van der Waals surface area contributed by atoms with Gasteiger partial charge in [-0.15, -0.1) is 0 Å². The lowest BCUT2D eigenvalue weighted by Crippen LogP contribution is -2.45. The van der Waals surface area contributed by atoms with E-state index in [1.807, 2.05) is 11.9 Å². The Hall–Kier alpha value is -1.47. The molecule has 0 fully saturated rings. The summed E-state index contributed by atoms with van der Waals surface area (Å²) in [7, 11) is 1.93. The van der Waals surface area contributed by atoms with E-state index < -0.39 is 4.92 Å². The van der Waals surface area contributed by atoms with E-state index in [1.54, 1.807) is 4.68 Å². The van der Waals surface area contributed by atoms with Crippen molar-refractivity contribution in [2.75, 3.05) is 20.2 Å². The number of aliphatic hydroxyl groups is 1. The minimum Gasteiger partial charge on any atom is -0.395 e. The topological polar surface area (TPSA) is 84.4 Å². The highest BCUT2D eigenvalue weighted by Crippen LogP contribution is 2.23. The van der Waals surface area contributed by atoms with Gasteiger partial charge < -0.3 is 5.11 Å². The summed E-state index contributed by atoms with van der Waals surface area (Å²) in [6.45, 7) is 7.52. The number of hydrogen-bond acceptors (Lipinski definition) is 5. The molecule has 0 bridgehead atoms. The number of aliphatic hydroxyl groups excluding tert-OH is 1. The van der Waals surface area contributed by atoms with Crippen molar-refractivity contribution in [3.63, 3.8) is 0 Å².